The average molecular weight is 233 g/mol. The van der Waals surface area contributed by atoms with E-state index in [2.05, 4.69) is 15.8 Å². The molecule has 1 heterocycles. The van der Waals surface area contributed by atoms with Crippen molar-refractivity contribution in [1.82, 2.24) is 4.98 Å². The Kier molecular flexibility index (Phi) is 2.87. The number of nitrogens with one attached hydrogen (secondary N) is 1. The van der Waals surface area contributed by atoms with Crippen molar-refractivity contribution in [3.63, 3.8) is 0 Å². The lowest BCUT2D eigenvalue weighted by molar-refractivity contribution is 0.601. The number of anilines is 1. The van der Waals surface area contributed by atoms with Crippen LogP contribution in [0.15, 0.2) is 53.7 Å². The molecular formula is C11H9N2O2S. The van der Waals surface area contributed by atoms with Gasteiger partial charge < -0.3 is 0 Å². The molecule has 0 spiro atoms. The number of sulfonamides is 1. The maximum atomic E-state index is 11.8. The van der Waals surface area contributed by atoms with E-state index in [9.17, 15) is 8.42 Å². The van der Waals surface area contributed by atoms with E-state index in [1.807, 2.05) is 0 Å². The van der Waals surface area contributed by atoms with E-state index >= 15 is 0 Å². The summed E-state index contributed by atoms with van der Waals surface area (Å²) in [5.41, 5.74) is 0.395. The lowest BCUT2D eigenvalue weighted by Gasteiger charge is -2.06. The largest absolute Gasteiger partial charge is 0.278 e. The molecule has 0 fully saturated rings. The number of aromatic nitrogens is 1. The fourth-order valence-corrected chi connectivity index (χ4v) is 2.25. The fourth-order valence-electron chi connectivity index (χ4n) is 1.19. The van der Waals surface area contributed by atoms with Gasteiger partial charge in [0.1, 0.15) is 0 Å². The highest BCUT2D eigenvalue weighted by molar-refractivity contribution is 7.92. The SMILES string of the molecule is O=S(=O)(Nc1c[c]cnc1)c1ccccc1. The molecule has 0 atom stereocenters. The van der Waals surface area contributed by atoms with Crippen LogP contribution in [-0.4, -0.2) is 13.4 Å². The Labute approximate surface area is 94.0 Å². The molecule has 1 aromatic carbocycles. The van der Waals surface area contributed by atoms with Crippen LogP contribution in [0, 0.1) is 6.07 Å². The van der Waals surface area contributed by atoms with E-state index in [1.165, 1.54) is 30.6 Å². The minimum atomic E-state index is -3.52. The van der Waals surface area contributed by atoms with Gasteiger partial charge in [-0.3, -0.25) is 9.71 Å². The molecule has 0 amide bonds. The van der Waals surface area contributed by atoms with Crippen molar-refractivity contribution in [2.24, 2.45) is 0 Å². The van der Waals surface area contributed by atoms with Crippen molar-refractivity contribution in [1.29, 1.82) is 0 Å². The van der Waals surface area contributed by atoms with E-state index in [-0.39, 0.29) is 4.90 Å². The Morgan fingerprint density at radius 1 is 1.19 bits per heavy atom. The summed E-state index contributed by atoms with van der Waals surface area (Å²) in [4.78, 5) is 4.00. The first kappa shape index (κ1) is 10.6. The van der Waals surface area contributed by atoms with Crippen LogP contribution in [0.25, 0.3) is 0 Å². The van der Waals surface area contributed by atoms with Crippen LogP contribution < -0.4 is 4.72 Å². The third kappa shape index (κ3) is 2.38. The summed E-state index contributed by atoms with van der Waals surface area (Å²) in [6.07, 6.45) is 2.89. The van der Waals surface area contributed by atoms with Crippen LogP contribution in [0.4, 0.5) is 5.69 Å². The third-order valence-electron chi connectivity index (χ3n) is 1.91. The molecule has 1 N–H and O–H groups in total. The molecule has 0 aliphatic heterocycles. The van der Waals surface area contributed by atoms with Gasteiger partial charge in [-0.05, 0) is 18.2 Å². The van der Waals surface area contributed by atoms with E-state index in [0.29, 0.717) is 5.69 Å². The van der Waals surface area contributed by atoms with Crippen molar-refractivity contribution >= 4 is 15.7 Å². The fraction of sp³-hybridized carbons (Fsp3) is 0. The summed E-state index contributed by atoms with van der Waals surface area (Å²) in [5.74, 6) is 0. The maximum Gasteiger partial charge on any atom is 0.261 e. The van der Waals surface area contributed by atoms with Crippen LogP contribution in [0.3, 0.4) is 0 Å². The molecule has 0 bridgehead atoms. The van der Waals surface area contributed by atoms with Crippen molar-refractivity contribution in [2.45, 2.75) is 4.90 Å². The van der Waals surface area contributed by atoms with Gasteiger partial charge in [-0.2, -0.15) is 0 Å². The number of pyridine rings is 1. The van der Waals surface area contributed by atoms with E-state index in [0.717, 1.165) is 0 Å². The summed E-state index contributed by atoms with van der Waals surface area (Å²) < 4.78 is 26.1. The van der Waals surface area contributed by atoms with Gasteiger partial charge in [-0.1, -0.05) is 18.2 Å². The van der Waals surface area contributed by atoms with Gasteiger partial charge in [0.25, 0.3) is 10.0 Å². The predicted molar refractivity (Wildman–Crippen MR) is 60.3 cm³/mol. The molecule has 0 aliphatic carbocycles. The quantitative estimate of drug-likeness (QED) is 0.877. The van der Waals surface area contributed by atoms with Gasteiger partial charge in [-0.15, -0.1) is 0 Å². The number of nitrogens with zero attached hydrogens (tertiary/aromatic N) is 1. The van der Waals surface area contributed by atoms with Crippen LogP contribution in [0.1, 0.15) is 0 Å². The molecule has 1 radical (unpaired) electrons. The molecule has 0 unspecified atom stereocenters. The van der Waals surface area contributed by atoms with Crippen LogP contribution in [0.2, 0.25) is 0 Å². The van der Waals surface area contributed by atoms with Gasteiger partial charge >= 0.3 is 0 Å². The molecule has 0 aliphatic rings. The Bertz CT molecular complexity index is 553. The summed E-state index contributed by atoms with van der Waals surface area (Å²) in [6, 6.07) is 12.4. The van der Waals surface area contributed by atoms with Gasteiger partial charge in [0, 0.05) is 12.3 Å². The molecule has 4 nitrogen and oxygen atoms in total. The molecule has 2 aromatic rings. The minimum absolute atomic E-state index is 0.221. The average Bonchev–Trinajstić information content (AvgIpc) is 2.31. The predicted octanol–water partition coefficient (Wildman–Crippen LogP) is 1.68. The molecule has 1 aromatic heterocycles. The monoisotopic (exact) mass is 233 g/mol. The summed E-state index contributed by atoms with van der Waals surface area (Å²) in [5, 5.41) is 0. The second-order valence-electron chi connectivity index (χ2n) is 3.09. The molecule has 16 heavy (non-hydrogen) atoms. The first-order chi connectivity index (χ1) is 7.68. The highest BCUT2D eigenvalue weighted by atomic mass is 32.2. The highest BCUT2D eigenvalue weighted by Gasteiger charge is 2.12. The summed E-state index contributed by atoms with van der Waals surface area (Å²) >= 11 is 0. The molecule has 0 saturated heterocycles. The lowest BCUT2D eigenvalue weighted by atomic mass is 10.4. The highest BCUT2D eigenvalue weighted by Crippen LogP contribution is 2.13. The third-order valence-corrected chi connectivity index (χ3v) is 3.30. The van der Waals surface area contributed by atoms with Crippen molar-refractivity contribution in [3.8, 4) is 0 Å². The standard InChI is InChI=1S/C11H9N2O2S/c14-16(15,11-6-2-1-3-7-11)13-10-5-4-8-12-9-10/h1-3,5-9,13H. The second-order valence-corrected chi connectivity index (χ2v) is 4.77. The zero-order chi connectivity index (χ0) is 11.4. The van der Waals surface area contributed by atoms with Crippen molar-refractivity contribution in [3.05, 3.63) is 54.9 Å². The van der Waals surface area contributed by atoms with E-state index in [4.69, 9.17) is 0 Å². The van der Waals surface area contributed by atoms with E-state index in [1.54, 1.807) is 18.2 Å². The molecule has 81 valence electrons. The summed E-state index contributed by atoms with van der Waals surface area (Å²) in [6.45, 7) is 0. The van der Waals surface area contributed by atoms with Crippen molar-refractivity contribution in [2.75, 3.05) is 4.72 Å². The molecular weight excluding hydrogens is 224 g/mol. The molecule has 5 heteroatoms. The normalized spacial score (nSPS) is 11.0. The smallest absolute Gasteiger partial charge is 0.261 e. The van der Waals surface area contributed by atoms with Gasteiger partial charge in [0.05, 0.1) is 16.8 Å². The minimum Gasteiger partial charge on any atom is -0.278 e. The first-order valence-electron chi connectivity index (χ1n) is 4.57. The number of hydrogen-bond donors (Lipinski definition) is 1. The maximum absolute atomic E-state index is 11.8. The van der Waals surface area contributed by atoms with Gasteiger partial charge in [0.2, 0.25) is 0 Å². The first-order valence-corrected chi connectivity index (χ1v) is 6.06. The van der Waals surface area contributed by atoms with Crippen LogP contribution in [-0.2, 0) is 10.0 Å². The Hall–Kier alpha value is -1.88. The second kappa shape index (κ2) is 4.32. The zero-order valence-corrected chi connectivity index (χ0v) is 9.11. The Morgan fingerprint density at radius 3 is 2.56 bits per heavy atom. The number of rotatable bonds is 3. The van der Waals surface area contributed by atoms with Crippen LogP contribution in [0.5, 0.6) is 0 Å². The molecule has 0 saturated carbocycles. The van der Waals surface area contributed by atoms with Crippen LogP contribution >= 0.6 is 0 Å². The zero-order valence-electron chi connectivity index (χ0n) is 8.29. The van der Waals surface area contributed by atoms with E-state index < -0.39 is 10.0 Å². The van der Waals surface area contributed by atoms with Crippen molar-refractivity contribution < 1.29 is 8.42 Å². The van der Waals surface area contributed by atoms with Gasteiger partial charge in [-0.25, -0.2) is 8.42 Å². The Balaban J connectivity index is 2.29. The summed E-state index contributed by atoms with van der Waals surface area (Å²) in [7, 11) is -3.52. The molecule has 2 rings (SSSR count). The number of benzene rings is 1. The Morgan fingerprint density at radius 2 is 1.94 bits per heavy atom. The topological polar surface area (TPSA) is 59.1 Å². The van der Waals surface area contributed by atoms with Gasteiger partial charge in [0.15, 0.2) is 0 Å². The lowest BCUT2D eigenvalue weighted by Crippen LogP contribution is -2.12. The number of hydrogen-bond acceptors (Lipinski definition) is 3.